The summed E-state index contributed by atoms with van der Waals surface area (Å²) in [6.07, 6.45) is 1.32. The van der Waals surface area contributed by atoms with Crippen LogP contribution in [0.1, 0.15) is 19.2 Å². The van der Waals surface area contributed by atoms with Gasteiger partial charge in [-0.2, -0.15) is 4.98 Å². The SMILES string of the molecule is Cc1noc(NCC2CC2C)n1. The predicted molar refractivity (Wildman–Crippen MR) is 44.8 cm³/mol. The van der Waals surface area contributed by atoms with Gasteiger partial charge in [0.2, 0.25) is 0 Å². The molecule has 66 valence electrons. The summed E-state index contributed by atoms with van der Waals surface area (Å²) < 4.78 is 4.91. The molecule has 1 fully saturated rings. The molecule has 0 radical (unpaired) electrons. The third-order valence-electron chi connectivity index (χ3n) is 2.32. The predicted octanol–water partition coefficient (Wildman–Crippen LogP) is 1.45. The second kappa shape index (κ2) is 2.77. The van der Waals surface area contributed by atoms with Crippen LogP contribution < -0.4 is 5.32 Å². The van der Waals surface area contributed by atoms with Gasteiger partial charge in [-0.25, -0.2) is 0 Å². The molecule has 0 saturated heterocycles. The Hall–Kier alpha value is -1.06. The summed E-state index contributed by atoms with van der Waals surface area (Å²) in [6, 6.07) is 0.548. The second-order valence-corrected chi connectivity index (χ2v) is 3.50. The standard InChI is InChI=1S/C8H13N3O/c1-5-3-7(5)4-9-8-10-6(2)11-12-8/h5,7H,3-4H2,1-2H3,(H,9,10,11). The van der Waals surface area contributed by atoms with E-state index in [0.717, 1.165) is 18.4 Å². The number of hydrogen-bond donors (Lipinski definition) is 1. The summed E-state index contributed by atoms with van der Waals surface area (Å²) in [4.78, 5) is 4.05. The van der Waals surface area contributed by atoms with Crippen LogP contribution in [-0.4, -0.2) is 16.7 Å². The van der Waals surface area contributed by atoms with E-state index in [-0.39, 0.29) is 0 Å². The topological polar surface area (TPSA) is 51.0 Å². The van der Waals surface area contributed by atoms with Crippen molar-refractivity contribution in [3.05, 3.63) is 5.82 Å². The van der Waals surface area contributed by atoms with E-state index >= 15 is 0 Å². The van der Waals surface area contributed by atoms with Gasteiger partial charge in [0.1, 0.15) is 0 Å². The van der Waals surface area contributed by atoms with E-state index in [9.17, 15) is 0 Å². The molecular formula is C8H13N3O. The van der Waals surface area contributed by atoms with Crippen molar-refractivity contribution in [1.82, 2.24) is 10.1 Å². The van der Waals surface area contributed by atoms with Crippen molar-refractivity contribution in [2.45, 2.75) is 20.3 Å². The van der Waals surface area contributed by atoms with Crippen molar-refractivity contribution >= 4 is 6.01 Å². The lowest BCUT2D eigenvalue weighted by atomic mass is 10.3. The molecule has 2 rings (SSSR count). The number of aromatic nitrogens is 2. The Morgan fingerprint density at radius 2 is 2.42 bits per heavy atom. The van der Waals surface area contributed by atoms with E-state index in [1.54, 1.807) is 0 Å². The monoisotopic (exact) mass is 167 g/mol. The molecule has 1 saturated carbocycles. The van der Waals surface area contributed by atoms with E-state index in [1.165, 1.54) is 6.42 Å². The first kappa shape index (κ1) is 7.58. The first-order valence-electron chi connectivity index (χ1n) is 4.30. The largest absolute Gasteiger partial charge is 0.337 e. The van der Waals surface area contributed by atoms with Gasteiger partial charge in [0.15, 0.2) is 5.82 Å². The highest BCUT2D eigenvalue weighted by molar-refractivity contribution is 5.18. The summed E-state index contributed by atoms with van der Waals surface area (Å²) in [5.74, 6) is 2.35. The van der Waals surface area contributed by atoms with Crippen LogP contribution >= 0.6 is 0 Å². The van der Waals surface area contributed by atoms with Crippen molar-refractivity contribution in [3.8, 4) is 0 Å². The van der Waals surface area contributed by atoms with Gasteiger partial charge < -0.3 is 9.84 Å². The molecule has 0 aliphatic heterocycles. The van der Waals surface area contributed by atoms with Crippen molar-refractivity contribution in [2.75, 3.05) is 11.9 Å². The van der Waals surface area contributed by atoms with Crippen LogP contribution in [0.25, 0.3) is 0 Å². The van der Waals surface area contributed by atoms with Gasteiger partial charge in [0.05, 0.1) is 0 Å². The molecule has 0 bridgehead atoms. The van der Waals surface area contributed by atoms with Crippen molar-refractivity contribution < 1.29 is 4.52 Å². The molecule has 12 heavy (non-hydrogen) atoms. The average Bonchev–Trinajstić information content (AvgIpc) is 2.56. The van der Waals surface area contributed by atoms with E-state index < -0.39 is 0 Å². The minimum Gasteiger partial charge on any atom is -0.337 e. The van der Waals surface area contributed by atoms with Crippen LogP contribution in [0.15, 0.2) is 4.52 Å². The van der Waals surface area contributed by atoms with Crippen molar-refractivity contribution in [3.63, 3.8) is 0 Å². The van der Waals surface area contributed by atoms with E-state index in [4.69, 9.17) is 4.52 Å². The lowest BCUT2D eigenvalue weighted by Gasteiger charge is -1.96. The minimum atomic E-state index is 0.548. The number of nitrogens with zero attached hydrogens (tertiary/aromatic N) is 2. The molecule has 2 unspecified atom stereocenters. The highest BCUT2D eigenvalue weighted by Crippen LogP contribution is 2.37. The maximum Gasteiger partial charge on any atom is 0.321 e. The highest BCUT2D eigenvalue weighted by Gasteiger charge is 2.32. The van der Waals surface area contributed by atoms with Crippen LogP contribution in [-0.2, 0) is 0 Å². The van der Waals surface area contributed by atoms with Gasteiger partial charge in [-0.1, -0.05) is 12.1 Å². The van der Waals surface area contributed by atoms with Crippen LogP contribution in [0.2, 0.25) is 0 Å². The first-order chi connectivity index (χ1) is 5.75. The molecule has 4 nitrogen and oxygen atoms in total. The number of rotatable bonds is 3. The quantitative estimate of drug-likeness (QED) is 0.740. The lowest BCUT2D eigenvalue weighted by molar-refractivity contribution is 0.424. The molecular weight excluding hydrogens is 154 g/mol. The van der Waals surface area contributed by atoms with E-state index in [0.29, 0.717) is 11.8 Å². The average molecular weight is 167 g/mol. The summed E-state index contributed by atoms with van der Waals surface area (Å²) in [5, 5.41) is 6.80. The highest BCUT2D eigenvalue weighted by atomic mass is 16.5. The molecule has 1 aliphatic carbocycles. The van der Waals surface area contributed by atoms with Crippen molar-refractivity contribution in [2.24, 2.45) is 11.8 Å². The molecule has 1 heterocycles. The Balaban J connectivity index is 1.80. The lowest BCUT2D eigenvalue weighted by Crippen LogP contribution is -2.04. The summed E-state index contributed by atoms with van der Waals surface area (Å²) in [6.45, 7) is 5.03. The van der Waals surface area contributed by atoms with Gasteiger partial charge in [-0.15, -0.1) is 0 Å². The van der Waals surface area contributed by atoms with Gasteiger partial charge in [0.25, 0.3) is 0 Å². The third-order valence-corrected chi connectivity index (χ3v) is 2.32. The number of aryl methyl sites for hydroxylation is 1. The fraction of sp³-hybridized carbons (Fsp3) is 0.750. The number of anilines is 1. The van der Waals surface area contributed by atoms with Gasteiger partial charge in [0, 0.05) is 6.54 Å². The van der Waals surface area contributed by atoms with Gasteiger partial charge in [-0.3, -0.25) is 0 Å². The Morgan fingerprint density at radius 1 is 1.67 bits per heavy atom. The van der Waals surface area contributed by atoms with Gasteiger partial charge >= 0.3 is 6.01 Å². The first-order valence-corrected chi connectivity index (χ1v) is 4.30. The van der Waals surface area contributed by atoms with Crippen LogP contribution in [0, 0.1) is 18.8 Å². The molecule has 1 aromatic rings. The summed E-state index contributed by atoms with van der Waals surface area (Å²) >= 11 is 0. The normalized spacial score (nSPS) is 27.2. The van der Waals surface area contributed by atoms with Crippen LogP contribution in [0.4, 0.5) is 6.01 Å². The maximum atomic E-state index is 4.91. The third kappa shape index (κ3) is 1.57. The zero-order valence-electron chi connectivity index (χ0n) is 7.37. The maximum absolute atomic E-state index is 4.91. The van der Waals surface area contributed by atoms with E-state index in [1.807, 2.05) is 6.92 Å². The van der Waals surface area contributed by atoms with E-state index in [2.05, 4.69) is 22.4 Å². The summed E-state index contributed by atoms with van der Waals surface area (Å²) in [7, 11) is 0. The number of hydrogen-bond acceptors (Lipinski definition) is 4. The molecule has 1 N–H and O–H groups in total. The zero-order valence-corrected chi connectivity index (χ0v) is 7.37. The molecule has 4 heteroatoms. The van der Waals surface area contributed by atoms with Crippen LogP contribution in [0.3, 0.4) is 0 Å². The zero-order chi connectivity index (χ0) is 8.55. The molecule has 1 aliphatic rings. The number of nitrogens with one attached hydrogen (secondary N) is 1. The summed E-state index contributed by atoms with van der Waals surface area (Å²) in [5.41, 5.74) is 0. The smallest absolute Gasteiger partial charge is 0.321 e. The Labute approximate surface area is 71.4 Å². The molecule has 0 aromatic carbocycles. The van der Waals surface area contributed by atoms with Gasteiger partial charge in [-0.05, 0) is 25.2 Å². The molecule has 1 aromatic heterocycles. The fourth-order valence-electron chi connectivity index (χ4n) is 1.27. The second-order valence-electron chi connectivity index (χ2n) is 3.50. The molecule has 0 amide bonds. The molecule has 2 atom stereocenters. The van der Waals surface area contributed by atoms with Crippen LogP contribution in [0.5, 0.6) is 0 Å². The Bertz CT molecular complexity index is 271. The van der Waals surface area contributed by atoms with Crippen molar-refractivity contribution in [1.29, 1.82) is 0 Å². The fourth-order valence-corrected chi connectivity index (χ4v) is 1.27. The molecule has 0 spiro atoms. The minimum absolute atomic E-state index is 0.548. The Morgan fingerprint density at radius 3 is 2.92 bits per heavy atom. The Kier molecular flexibility index (Phi) is 1.75.